The summed E-state index contributed by atoms with van der Waals surface area (Å²) >= 11 is 0. The van der Waals surface area contributed by atoms with Crippen molar-refractivity contribution in [1.82, 2.24) is 9.44 Å². The Morgan fingerprint density at radius 1 is 0.756 bits per heavy atom. The standard InChI is InChI=1S/C23H36F6N2O8S2/c1-14(2)17(32)38-12-19(5,6)16(30-40(34,35)22(24,25)26)10-11-21(9,13-39-18(33)15(3)4)20(7,8)31-41(36,37)23(27,28)29/h16,30-31H,1,3,10-13H2,2,4-9H3. The molecule has 0 aliphatic rings. The Labute approximate surface area is 236 Å². The number of carbonyl (C=O) groups excluding carboxylic acids is 2. The minimum Gasteiger partial charge on any atom is -0.462 e. The Balaban J connectivity index is 6.65. The first-order chi connectivity index (χ1) is 17.9. The molecule has 0 rings (SSSR count). The molecule has 2 atom stereocenters. The zero-order chi connectivity index (χ0) is 33.0. The van der Waals surface area contributed by atoms with Crippen molar-refractivity contribution in [2.75, 3.05) is 13.2 Å². The summed E-state index contributed by atoms with van der Waals surface area (Å²) < 4.78 is 140. The second-order valence-electron chi connectivity index (χ2n) is 11.1. The van der Waals surface area contributed by atoms with E-state index in [1.807, 2.05) is 0 Å². The third-order valence-corrected chi connectivity index (χ3v) is 9.12. The molecule has 0 saturated carbocycles. The van der Waals surface area contributed by atoms with Gasteiger partial charge in [-0.3, -0.25) is 0 Å². The van der Waals surface area contributed by atoms with Crippen LogP contribution in [0.5, 0.6) is 0 Å². The van der Waals surface area contributed by atoms with Gasteiger partial charge in [-0.1, -0.05) is 33.9 Å². The average Bonchev–Trinajstić information content (AvgIpc) is 2.75. The fourth-order valence-corrected chi connectivity index (χ4v) is 5.21. The first-order valence-electron chi connectivity index (χ1n) is 11.8. The van der Waals surface area contributed by atoms with Gasteiger partial charge in [-0.25, -0.2) is 35.9 Å². The number of halogens is 6. The predicted octanol–water partition coefficient (Wildman–Crippen LogP) is 4.06. The first kappa shape index (κ1) is 38.8. The SMILES string of the molecule is C=C(C)C(=O)OCC(C)(C)C(CCC(C)(COC(=O)C(=C)C)C(C)(C)NS(=O)(=O)C(F)(F)F)NS(=O)(=O)C(F)(F)F. The zero-order valence-corrected chi connectivity index (χ0v) is 25.3. The molecule has 240 valence electrons. The fourth-order valence-electron chi connectivity index (χ4n) is 3.23. The van der Waals surface area contributed by atoms with E-state index in [0.717, 1.165) is 13.8 Å². The van der Waals surface area contributed by atoms with E-state index < -0.39 is 91.5 Å². The Morgan fingerprint density at radius 2 is 1.15 bits per heavy atom. The Hall–Kier alpha value is -2.18. The summed E-state index contributed by atoms with van der Waals surface area (Å²) in [6.45, 7) is 13.7. The van der Waals surface area contributed by atoms with Crippen LogP contribution in [0.2, 0.25) is 0 Å². The minimum atomic E-state index is -5.99. The predicted molar refractivity (Wildman–Crippen MR) is 137 cm³/mol. The summed E-state index contributed by atoms with van der Waals surface area (Å²) in [5.41, 5.74) is -17.1. The van der Waals surface area contributed by atoms with Crippen molar-refractivity contribution in [1.29, 1.82) is 0 Å². The lowest BCUT2D eigenvalue weighted by atomic mass is 9.69. The molecule has 0 aromatic rings. The van der Waals surface area contributed by atoms with Crippen molar-refractivity contribution in [2.45, 2.75) is 83.9 Å². The lowest BCUT2D eigenvalue weighted by Gasteiger charge is -2.45. The fraction of sp³-hybridized carbons (Fsp3) is 0.739. The highest BCUT2D eigenvalue weighted by molar-refractivity contribution is 7.90. The summed E-state index contributed by atoms with van der Waals surface area (Å²) in [7, 11) is -12.0. The van der Waals surface area contributed by atoms with Crippen LogP contribution in [0.15, 0.2) is 24.3 Å². The van der Waals surface area contributed by atoms with E-state index in [9.17, 15) is 52.8 Å². The highest BCUT2D eigenvalue weighted by atomic mass is 32.2. The van der Waals surface area contributed by atoms with Crippen LogP contribution < -0.4 is 9.44 Å². The average molecular weight is 647 g/mol. The van der Waals surface area contributed by atoms with Gasteiger partial charge < -0.3 is 9.47 Å². The van der Waals surface area contributed by atoms with Crippen LogP contribution in [0.4, 0.5) is 26.3 Å². The Kier molecular flexibility index (Phi) is 12.3. The largest absolute Gasteiger partial charge is 0.511 e. The summed E-state index contributed by atoms with van der Waals surface area (Å²) in [5, 5.41) is 0. The number of carbonyl (C=O) groups is 2. The normalized spacial score (nSPS) is 15.9. The van der Waals surface area contributed by atoms with Gasteiger partial charge in [0.15, 0.2) is 0 Å². The molecule has 0 saturated heterocycles. The summed E-state index contributed by atoms with van der Waals surface area (Å²) in [4.78, 5) is 23.9. The maximum Gasteiger partial charge on any atom is 0.511 e. The second kappa shape index (κ2) is 13.0. The van der Waals surface area contributed by atoms with Gasteiger partial charge in [0.1, 0.15) is 0 Å². The quantitative estimate of drug-likeness (QED) is 0.154. The molecule has 2 unspecified atom stereocenters. The van der Waals surface area contributed by atoms with Crippen molar-refractivity contribution < 1.29 is 62.2 Å². The van der Waals surface area contributed by atoms with E-state index in [2.05, 4.69) is 13.2 Å². The van der Waals surface area contributed by atoms with Crippen LogP contribution in [-0.2, 0) is 39.1 Å². The molecule has 0 radical (unpaired) electrons. The van der Waals surface area contributed by atoms with Gasteiger partial charge in [-0.15, -0.1) is 0 Å². The van der Waals surface area contributed by atoms with E-state index in [-0.39, 0.29) is 11.1 Å². The van der Waals surface area contributed by atoms with Crippen LogP contribution >= 0.6 is 0 Å². The van der Waals surface area contributed by atoms with Gasteiger partial charge in [-0.05, 0) is 40.5 Å². The molecule has 41 heavy (non-hydrogen) atoms. The molecule has 18 heteroatoms. The molecule has 0 heterocycles. The number of sulfonamides is 2. The molecular weight excluding hydrogens is 610 g/mol. The van der Waals surface area contributed by atoms with Crippen LogP contribution in [0.3, 0.4) is 0 Å². The summed E-state index contributed by atoms with van der Waals surface area (Å²) in [6.07, 6.45) is -1.09. The maximum absolute atomic E-state index is 13.3. The number of ether oxygens (including phenoxy) is 2. The third kappa shape index (κ3) is 10.6. The molecule has 0 spiro atoms. The third-order valence-electron chi connectivity index (χ3n) is 6.53. The van der Waals surface area contributed by atoms with E-state index in [1.165, 1.54) is 44.1 Å². The van der Waals surface area contributed by atoms with Crippen LogP contribution in [0.25, 0.3) is 0 Å². The van der Waals surface area contributed by atoms with Gasteiger partial charge >= 0.3 is 43.0 Å². The van der Waals surface area contributed by atoms with Crippen molar-refractivity contribution in [2.24, 2.45) is 10.8 Å². The van der Waals surface area contributed by atoms with Crippen molar-refractivity contribution in [3.63, 3.8) is 0 Å². The maximum atomic E-state index is 13.3. The number of hydrogen-bond donors (Lipinski definition) is 2. The van der Waals surface area contributed by atoms with Gasteiger partial charge in [0.2, 0.25) is 0 Å². The smallest absolute Gasteiger partial charge is 0.462 e. The first-order valence-corrected chi connectivity index (χ1v) is 14.7. The van der Waals surface area contributed by atoms with Crippen molar-refractivity contribution >= 4 is 32.0 Å². The molecular formula is C23H36F6N2O8S2. The molecule has 0 fully saturated rings. The van der Waals surface area contributed by atoms with Crippen LogP contribution in [-0.4, -0.2) is 64.6 Å². The molecule has 0 aromatic heterocycles. The Morgan fingerprint density at radius 3 is 1.51 bits per heavy atom. The number of rotatable bonds is 15. The topological polar surface area (TPSA) is 145 Å². The van der Waals surface area contributed by atoms with Crippen LogP contribution in [0, 0.1) is 10.8 Å². The van der Waals surface area contributed by atoms with E-state index >= 15 is 0 Å². The van der Waals surface area contributed by atoms with E-state index in [0.29, 0.717) is 0 Å². The molecule has 10 nitrogen and oxygen atoms in total. The number of alkyl halides is 6. The number of nitrogens with one attached hydrogen (secondary N) is 2. The van der Waals surface area contributed by atoms with Gasteiger partial charge in [0, 0.05) is 33.6 Å². The lowest BCUT2D eigenvalue weighted by Crippen LogP contribution is -2.60. The monoisotopic (exact) mass is 646 g/mol. The molecule has 0 aromatic carbocycles. The van der Waals surface area contributed by atoms with Crippen LogP contribution in [0.1, 0.15) is 61.3 Å². The number of hydrogen-bond acceptors (Lipinski definition) is 8. The van der Waals surface area contributed by atoms with Crippen molar-refractivity contribution in [3.05, 3.63) is 24.3 Å². The number of esters is 2. The molecule has 0 bridgehead atoms. The molecule has 0 aliphatic carbocycles. The van der Waals surface area contributed by atoms with E-state index in [4.69, 9.17) is 9.47 Å². The van der Waals surface area contributed by atoms with Gasteiger partial charge in [-0.2, -0.15) is 26.3 Å². The van der Waals surface area contributed by atoms with Gasteiger partial charge in [0.05, 0.1) is 13.2 Å². The lowest BCUT2D eigenvalue weighted by molar-refractivity contribution is -0.144. The second-order valence-corrected chi connectivity index (χ2v) is 14.5. The summed E-state index contributed by atoms with van der Waals surface area (Å²) in [5.74, 6) is -1.91. The van der Waals surface area contributed by atoms with Gasteiger partial charge in [0.25, 0.3) is 0 Å². The highest BCUT2D eigenvalue weighted by Crippen LogP contribution is 2.41. The van der Waals surface area contributed by atoms with E-state index in [1.54, 1.807) is 0 Å². The minimum absolute atomic E-state index is 0.0566. The zero-order valence-electron chi connectivity index (χ0n) is 23.7. The summed E-state index contributed by atoms with van der Waals surface area (Å²) in [6, 6.07) is -1.68. The Bertz CT molecular complexity index is 1230. The highest BCUT2D eigenvalue weighted by Gasteiger charge is 2.54. The van der Waals surface area contributed by atoms with Crippen molar-refractivity contribution in [3.8, 4) is 0 Å². The molecule has 0 amide bonds. The molecule has 2 N–H and O–H groups in total. The molecule has 0 aliphatic heterocycles.